The Morgan fingerprint density at radius 1 is 0.614 bits per heavy atom. The normalized spacial score (nSPS) is 16.6. The van der Waals surface area contributed by atoms with Crippen LogP contribution in [0, 0.1) is 30.0 Å². The van der Waals surface area contributed by atoms with Gasteiger partial charge in [-0.25, -0.2) is 0 Å². The van der Waals surface area contributed by atoms with E-state index in [1.807, 2.05) is 84.9 Å². The van der Waals surface area contributed by atoms with Crippen LogP contribution in [-0.4, -0.2) is 19.9 Å². The summed E-state index contributed by atoms with van der Waals surface area (Å²) < 4.78 is 0. The van der Waals surface area contributed by atoms with Gasteiger partial charge < -0.3 is 0 Å². The molecule has 1 aliphatic rings. The van der Waals surface area contributed by atoms with Crippen molar-refractivity contribution in [2.45, 2.75) is 17.8 Å². The van der Waals surface area contributed by atoms with Crippen molar-refractivity contribution in [1.82, 2.24) is 19.9 Å². The summed E-state index contributed by atoms with van der Waals surface area (Å²) in [4.78, 5) is 24.1. The number of benzene rings is 2. The molecule has 208 valence electrons. The molecule has 0 amide bonds. The second-order valence-corrected chi connectivity index (χ2v) is 10.3. The van der Waals surface area contributed by atoms with Gasteiger partial charge in [0.2, 0.25) is 0 Å². The smallest absolute Gasteiger partial charge is 0.265 e. The number of nitrogens with zero attached hydrogens (tertiary/aromatic N) is 6. The van der Waals surface area contributed by atoms with Crippen LogP contribution in [-0.2, 0) is 19.5 Å². The zero-order valence-electron chi connectivity index (χ0n) is 23.2. The first kappa shape index (κ1) is 28.7. The third-order valence-corrected chi connectivity index (χ3v) is 7.65. The molecule has 7 heteroatoms. The molecule has 0 N–H and O–H groups in total. The molecular formula is C37H22N6Ru. The fraction of sp³-hybridized carbons (Fsp3) is 0.0811. The van der Waals surface area contributed by atoms with Crippen LogP contribution in [0.5, 0.6) is 0 Å². The van der Waals surface area contributed by atoms with Gasteiger partial charge in [0.05, 0.1) is 64.1 Å². The first-order chi connectivity index (χ1) is 21.2. The zero-order chi connectivity index (χ0) is 29.2. The van der Waals surface area contributed by atoms with Crippen molar-refractivity contribution < 1.29 is 19.5 Å². The summed E-state index contributed by atoms with van der Waals surface area (Å²) in [5.74, 6) is -1.10. The Bertz CT molecular complexity index is 1920. The SMILES string of the molecule is [C-]#[N+]c1cc[c-]c(C2c3cccc(n3)C(c3[c-]ccc(C#N)c3)c3cccc(n3)C(c3ccccn3)c3cccc2n3)c1.[Ru+2]. The van der Waals surface area contributed by atoms with Crippen LogP contribution in [0.3, 0.4) is 0 Å². The van der Waals surface area contributed by atoms with Gasteiger partial charge in [-0.1, -0.05) is 29.8 Å². The third kappa shape index (κ3) is 5.42. The second-order valence-electron chi connectivity index (χ2n) is 10.3. The van der Waals surface area contributed by atoms with Crippen LogP contribution >= 0.6 is 0 Å². The summed E-state index contributed by atoms with van der Waals surface area (Å²) in [5, 5.41) is 9.69. The maximum absolute atomic E-state index is 9.69. The Kier molecular flexibility index (Phi) is 8.15. The molecule has 6 nitrogen and oxygen atoms in total. The summed E-state index contributed by atoms with van der Waals surface area (Å²) in [5.41, 5.74) is 8.22. The van der Waals surface area contributed by atoms with Crippen LogP contribution in [0.1, 0.15) is 74.3 Å². The molecule has 0 radical (unpaired) electrons. The van der Waals surface area contributed by atoms with Crippen LogP contribution in [0.4, 0.5) is 5.69 Å². The van der Waals surface area contributed by atoms with E-state index in [2.05, 4.69) is 23.0 Å². The van der Waals surface area contributed by atoms with Crippen molar-refractivity contribution in [3.05, 3.63) is 195 Å². The molecule has 3 unspecified atom stereocenters. The Hall–Kier alpha value is -5.36. The van der Waals surface area contributed by atoms with Gasteiger partial charge in [-0.3, -0.25) is 24.8 Å². The molecule has 6 aromatic rings. The molecule has 44 heavy (non-hydrogen) atoms. The Morgan fingerprint density at radius 2 is 1.11 bits per heavy atom. The van der Waals surface area contributed by atoms with Gasteiger partial charge in [0, 0.05) is 18.0 Å². The number of hydrogen-bond acceptors (Lipinski definition) is 5. The second kappa shape index (κ2) is 12.5. The molecule has 0 saturated heterocycles. The summed E-state index contributed by atoms with van der Waals surface area (Å²) in [6, 6.07) is 43.6. The molecule has 4 aromatic heterocycles. The van der Waals surface area contributed by atoms with E-state index in [1.54, 1.807) is 30.5 Å². The molecule has 0 aliphatic carbocycles. The zero-order valence-corrected chi connectivity index (χ0v) is 25.0. The van der Waals surface area contributed by atoms with E-state index in [0.717, 1.165) is 51.0 Å². The standard InChI is InChI=1S/C37H22N6.Ru/c1-39-27-12-5-11-26(22-27)36-31-15-6-14-29(41-31)35(25-10-4-9-24(21-25)23-38)30-16-7-18-33(42-30)37(28-13-2-3-20-40-28)34-19-8-17-32(36)43-34;/h2-9,12-22,35-37H;/q-2;+2. The van der Waals surface area contributed by atoms with E-state index < -0.39 is 0 Å². The predicted molar refractivity (Wildman–Crippen MR) is 161 cm³/mol. The maximum atomic E-state index is 9.69. The molecule has 5 heterocycles. The van der Waals surface area contributed by atoms with Gasteiger partial charge in [-0.2, -0.15) is 53.3 Å². The van der Waals surface area contributed by atoms with Crippen molar-refractivity contribution in [2.75, 3.05) is 0 Å². The van der Waals surface area contributed by atoms with Gasteiger partial charge in [-0.05, 0) is 48.5 Å². The Balaban J connectivity index is 0.00000343. The van der Waals surface area contributed by atoms with E-state index in [9.17, 15) is 5.26 Å². The van der Waals surface area contributed by atoms with Crippen molar-refractivity contribution >= 4 is 5.69 Å². The molecule has 3 atom stereocenters. The van der Waals surface area contributed by atoms with Gasteiger partial charge in [0.25, 0.3) is 0 Å². The van der Waals surface area contributed by atoms with Crippen LogP contribution in [0.15, 0.2) is 115 Å². The quantitative estimate of drug-likeness (QED) is 0.150. The number of hydrogen-bond donors (Lipinski definition) is 0. The summed E-state index contributed by atoms with van der Waals surface area (Å²) in [6.45, 7) is 7.62. The minimum atomic E-state index is -0.387. The van der Waals surface area contributed by atoms with Crippen molar-refractivity contribution in [3.63, 3.8) is 0 Å². The molecule has 1 aliphatic heterocycles. The molecule has 7 rings (SSSR count). The van der Waals surface area contributed by atoms with Gasteiger partial charge in [0.15, 0.2) is 0 Å². The summed E-state index contributed by atoms with van der Waals surface area (Å²) >= 11 is 0. The molecule has 0 spiro atoms. The van der Waals surface area contributed by atoms with E-state index in [4.69, 9.17) is 26.5 Å². The number of pyridine rings is 4. The number of rotatable bonds is 3. The van der Waals surface area contributed by atoms with Gasteiger partial charge in [-0.15, -0.1) is 11.6 Å². The molecule has 6 bridgehead atoms. The predicted octanol–water partition coefficient (Wildman–Crippen LogP) is 7.14. The maximum Gasteiger partial charge on any atom is 2.00 e. The third-order valence-electron chi connectivity index (χ3n) is 7.65. The van der Waals surface area contributed by atoms with Crippen molar-refractivity contribution in [1.29, 1.82) is 5.26 Å². The molecule has 2 aromatic carbocycles. The van der Waals surface area contributed by atoms with Crippen LogP contribution in [0.25, 0.3) is 4.85 Å². The van der Waals surface area contributed by atoms with Crippen LogP contribution in [0.2, 0.25) is 0 Å². The van der Waals surface area contributed by atoms with Crippen molar-refractivity contribution in [2.24, 2.45) is 0 Å². The Labute approximate surface area is 268 Å². The largest absolute Gasteiger partial charge is 2.00 e. The average molecular weight is 652 g/mol. The number of nitriles is 1. The Morgan fingerprint density at radius 3 is 1.61 bits per heavy atom. The summed E-state index contributed by atoms with van der Waals surface area (Å²) in [7, 11) is 0. The molecule has 0 fully saturated rings. The average Bonchev–Trinajstić information content (AvgIpc) is 3.06. The first-order valence-corrected chi connectivity index (χ1v) is 13.8. The first-order valence-electron chi connectivity index (χ1n) is 13.8. The number of fused-ring (bicyclic) bond motifs is 6. The fourth-order valence-corrected chi connectivity index (χ4v) is 5.74. The van der Waals surface area contributed by atoms with E-state index >= 15 is 0 Å². The van der Waals surface area contributed by atoms with Crippen molar-refractivity contribution in [3.8, 4) is 6.07 Å². The molecular weight excluding hydrogens is 630 g/mol. The fourth-order valence-electron chi connectivity index (χ4n) is 5.74. The van der Waals surface area contributed by atoms with Gasteiger partial charge in [0.1, 0.15) is 0 Å². The van der Waals surface area contributed by atoms with Gasteiger partial charge >= 0.3 is 19.5 Å². The van der Waals surface area contributed by atoms with Crippen LogP contribution < -0.4 is 0 Å². The van der Waals surface area contributed by atoms with E-state index in [1.165, 1.54) is 0 Å². The minimum absolute atomic E-state index is 0. The summed E-state index contributed by atoms with van der Waals surface area (Å²) in [6.07, 6.45) is 1.78. The minimum Gasteiger partial charge on any atom is -0.265 e. The topological polar surface area (TPSA) is 79.7 Å². The molecule has 0 saturated carbocycles. The monoisotopic (exact) mass is 652 g/mol. The van der Waals surface area contributed by atoms with E-state index in [0.29, 0.717) is 11.3 Å². The van der Waals surface area contributed by atoms with E-state index in [-0.39, 0.29) is 37.2 Å². The number of aromatic nitrogens is 4.